The largest absolute Gasteiger partial charge is 0.496 e. The number of primary amides is 1. The number of amides is 1. The summed E-state index contributed by atoms with van der Waals surface area (Å²) in [4.78, 5) is 22.6. The second kappa shape index (κ2) is 12.5. The van der Waals surface area contributed by atoms with Crippen molar-refractivity contribution in [2.45, 2.75) is 31.9 Å². The van der Waals surface area contributed by atoms with Crippen LogP contribution in [0.25, 0.3) is 10.9 Å². The molecule has 0 saturated carbocycles. The molecule has 2 unspecified atom stereocenters. The van der Waals surface area contributed by atoms with E-state index in [0.717, 1.165) is 41.5 Å². The highest BCUT2D eigenvalue weighted by atomic mass is 35.5. The van der Waals surface area contributed by atoms with Gasteiger partial charge in [0.2, 0.25) is 5.91 Å². The number of rotatable bonds is 10. The second-order valence-electron chi connectivity index (χ2n) is 9.84. The number of nitrogens with zero attached hydrogens (tertiary/aromatic N) is 3. The normalized spacial score (nSPS) is 17.3. The van der Waals surface area contributed by atoms with Crippen LogP contribution in [0.1, 0.15) is 30.4 Å². The minimum Gasteiger partial charge on any atom is -0.496 e. The molecule has 3 N–H and O–H groups in total. The quantitative estimate of drug-likeness (QED) is 0.224. The fourth-order valence-electron chi connectivity index (χ4n) is 5.31. The monoisotopic (exact) mass is 575 g/mol. The first kappa shape index (κ1) is 28.3. The fourth-order valence-corrected chi connectivity index (χ4v) is 5.53. The molecule has 4 aromatic rings. The van der Waals surface area contributed by atoms with Crippen LogP contribution in [-0.2, 0) is 11.4 Å². The number of ether oxygens (including phenoxy) is 2. The van der Waals surface area contributed by atoms with Gasteiger partial charge in [0.25, 0.3) is 0 Å². The van der Waals surface area contributed by atoms with Crippen molar-refractivity contribution < 1.29 is 18.7 Å². The van der Waals surface area contributed by atoms with Gasteiger partial charge in [-0.1, -0.05) is 42.8 Å². The van der Waals surface area contributed by atoms with Crippen LogP contribution in [0.4, 0.5) is 15.9 Å². The molecule has 0 spiro atoms. The summed E-state index contributed by atoms with van der Waals surface area (Å²) in [6, 6.07) is 15.7. The van der Waals surface area contributed by atoms with E-state index in [-0.39, 0.29) is 24.4 Å². The molecular formula is C31H31ClFN5O3. The zero-order valence-electron chi connectivity index (χ0n) is 22.8. The molecule has 10 heteroatoms. The van der Waals surface area contributed by atoms with E-state index < -0.39 is 5.91 Å². The van der Waals surface area contributed by atoms with Crippen molar-refractivity contribution in [3.8, 4) is 11.5 Å². The topological polar surface area (TPSA) is 103 Å². The fraction of sp³-hybridized carbons (Fsp3) is 0.258. The molecule has 2 heterocycles. The molecule has 1 aliphatic rings. The van der Waals surface area contributed by atoms with Crippen LogP contribution in [0.15, 0.2) is 73.1 Å². The van der Waals surface area contributed by atoms with E-state index in [2.05, 4.69) is 27.1 Å². The number of likely N-dealkylation sites (tertiary alicyclic amines) is 1. The Balaban J connectivity index is 1.41. The molecular weight excluding hydrogens is 545 g/mol. The first-order chi connectivity index (χ1) is 19.9. The molecule has 3 aromatic carbocycles. The molecule has 1 aliphatic heterocycles. The summed E-state index contributed by atoms with van der Waals surface area (Å²) in [6.45, 7) is 3.97. The molecule has 0 aliphatic carbocycles. The number of carbonyl (C=O) groups excluding carboxylic acids is 1. The molecule has 8 nitrogen and oxygen atoms in total. The number of nitrogens with one attached hydrogen (secondary N) is 1. The highest BCUT2D eigenvalue weighted by Gasteiger charge is 2.33. The molecule has 1 amide bonds. The Morgan fingerprint density at radius 1 is 1.22 bits per heavy atom. The lowest BCUT2D eigenvalue weighted by molar-refractivity contribution is -0.113. The van der Waals surface area contributed by atoms with Gasteiger partial charge in [-0.15, -0.1) is 0 Å². The first-order valence-electron chi connectivity index (χ1n) is 13.3. The van der Waals surface area contributed by atoms with Crippen LogP contribution in [0.3, 0.4) is 0 Å². The molecule has 1 aromatic heterocycles. The number of aromatic nitrogens is 2. The molecule has 5 rings (SSSR count). The van der Waals surface area contributed by atoms with Gasteiger partial charge in [0.05, 0.1) is 28.7 Å². The van der Waals surface area contributed by atoms with Gasteiger partial charge in [-0.3, -0.25) is 9.69 Å². The zero-order valence-corrected chi connectivity index (χ0v) is 23.6. The predicted molar refractivity (Wildman–Crippen MR) is 158 cm³/mol. The maximum absolute atomic E-state index is 13.5. The standard InChI is InChI=1S/C31H31ClFN5O3/c1-3-38-16-20(14-22(38)7-12-28(34)39)24-9-11-27-29(30(24)40-2)31(36-18-35-27)37-26-10-8-23(15-25(26)32)41-17-19-5-4-6-21(33)13-19/h4-13,15,18,20,22H,3,14,16-17H2,1-2H3,(H2,34,39)(H,35,36,37)/b12-7+. The number of carbonyl (C=O) groups is 1. The van der Waals surface area contributed by atoms with Crippen LogP contribution < -0.4 is 20.5 Å². The maximum atomic E-state index is 13.5. The van der Waals surface area contributed by atoms with Gasteiger partial charge < -0.3 is 20.5 Å². The van der Waals surface area contributed by atoms with E-state index in [4.69, 9.17) is 26.8 Å². The third kappa shape index (κ3) is 6.42. The van der Waals surface area contributed by atoms with Crippen molar-refractivity contribution in [1.29, 1.82) is 0 Å². The molecule has 0 bridgehead atoms. The third-order valence-electron chi connectivity index (χ3n) is 7.26. The summed E-state index contributed by atoms with van der Waals surface area (Å²) in [5, 5.41) is 4.51. The lowest BCUT2D eigenvalue weighted by atomic mass is 9.93. The van der Waals surface area contributed by atoms with E-state index in [1.165, 1.54) is 24.5 Å². The molecule has 1 fully saturated rings. The Morgan fingerprint density at radius 2 is 2.07 bits per heavy atom. The van der Waals surface area contributed by atoms with Crippen LogP contribution in [-0.4, -0.2) is 47.0 Å². The highest BCUT2D eigenvalue weighted by molar-refractivity contribution is 6.33. The third-order valence-corrected chi connectivity index (χ3v) is 7.57. The number of benzene rings is 3. The maximum Gasteiger partial charge on any atom is 0.241 e. The van der Waals surface area contributed by atoms with Gasteiger partial charge in [0.1, 0.15) is 36.1 Å². The smallest absolute Gasteiger partial charge is 0.241 e. The second-order valence-corrected chi connectivity index (χ2v) is 10.2. The Kier molecular flexibility index (Phi) is 8.66. The van der Waals surface area contributed by atoms with Crippen molar-refractivity contribution in [2.24, 2.45) is 5.73 Å². The van der Waals surface area contributed by atoms with Gasteiger partial charge in [0, 0.05) is 30.6 Å². The number of anilines is 2. The van der Waals surface area contributed by atoms with Crippen LogP contribution in [0, 0.1) is 5.82 Å². The average Bonchev–Trinajstić information content (AvgIpc) is 3.39. The molecule has 212 valence electrons. The number of hydrogen-bond donors (Lipinski definition) is 2. The molecule has 1 saturated heterocycles. The number of nitrogens with two attached hydrogens (primary N) is 1. The zero-order chi connectivity index (χ0) is 28.9. The Morgan fingerprint density at radius 3 is 2.80 bits per heavy atom. The van der Waals surface area contributed by atoms with E-state index in [1.54, 1.807) is 37.4 Å². The number of likely N-dealkylation sites (N-methyl/N-ethyl adjacent to an activating group) is 1. The summed E-state index contributed by atoms with van der Waals surface area (Å²) in [6.07, 6.45) is 5.62. The molecule has 2 atom stereocenters. The van der Waals surface area contributed by atoms with Crippen molar-refractivity contribution in [3.05, 3.63) is 95.0 Å². The summed E-state index contributed by atoms with van der Waals surface area (Å²) in [5.41, 5.74) is 8.46. The summed E-state index contributed by atoms with van der Waals surface area (Å²) in [7, 11) is 1.64. The van der Waals surface area contributed by atoms with Crippen molar-refractivity contribution in [3.63, 3.8) is 0 Å². The van der Waals surface area contributed by atoms with Gasteiger partial charge >= 0.3 is 0 Å². The van der Waals surface area contributed by atoms with Crippen LogP contribution >= 0.6 is 11.6 Å². The van der Waals surface area contributed by atoms with Gasteiger partial charge in [0.15, 0.2) is 0 Å². The Labute approximate surface area is 242 Å². The predicted octanol–water partition coefficient (Wildman–Crippen LogP) is 5.97. The Bertz CT molecular complexity index is 1600. The highest BCUT2D eigenvalue weighted by Crippen LogP contribution is 2.42. The molecule has 41 heavy (non-hydrogen) atoms. The average molecular weight is 576 g/mol. The lowest BCUT2D eigenvalue weighted by Crippen LogP contribution is -2.28. The SMILES string of the molecule is CCN1CC(c2ccc3ncnc(Nc4ccc(OCc5cccc(F)c5)cc4Cl)c3c2OC)CC1/C=C/C(N)=O. The van der Waals surface area contributed by atoms with Gasteiger partial charge in [-0.05, 0) is 54.4 Å². The lowest BCUT2D eigenvalue weighted by Gasteiger charge is -2.20. The van der Waals surface area contributed by atoms with Crippen molar-refractivity contribution in [1.82, 2.24) is 14.9 Å². The Hall–Kier alpha value is -4.21. The van der Waals surface area contributed by atoms with Gasteiger partial charge in [-0.25, -0.2) is 14.4 Å². The minimum absolute atomic E-state index is 0.1000. The van der Waals surface area contributed by atoms with E-state index in [9.17, 15) is 9.18 Å². The first-order valence-corrected chi connectivity index (χ1v) is 13.7. The van der Waals surface area contributed by atoms with Crippen LogP contribution in [0.2, 0.25) is 5.02 Å². The minimum atomic E-state index is -0.453. The van der Waals surface area contributed by atoms with Crippen molar-refractivity contribution >= 4 is 39.9 Å². The number of halogens is 2. The van der Waals surface area contributed by atoms with E-state index in [1.807, 2.05) is 18.2 Å². The van der Waals surface area contributed by atoms with Crippen LogP contribution in [0.5, 0.6) is 11.5 Å². The van der Waals surface area contributed by atoms with E-state index >= 15 is 0 Å². The number of methoxy groups -OCH3 is 1. The van der Waals surface area contributed by atoms with E-state index in [0.29, 0.717) is 28.0 Å². The summed E-state index contributed by atoms with van der Waals surface area (Å²) >= 11 is 6.62. The number of hydrogen-bond acceptors (Lipinski definition) is 7. The summed E-state index contributed by atoms with van der Waals surface area (Å²) < 4.78 is 25.3. The van der Waals surface area contributed by atoms with Crippen molar-refractivity contribution in [2.75, 3.05) is 25.5 Å². The number of fused-ring (bicyclic) bond motifs is 1. The summed E-state index contributed by atoms with van der Waals surface area (Å²) in [5.74, 6) is 1.21. The molecule has 0 radical (unpaired) electrons. The van der Waals surface area contributed by atoms with Gasteiger partial charge in [-0.2, -0.15) is 0 Å².